The van der Waals surface area contributed by atoms with Crippen molar-refractivity contribution in [2.24, 2.45) is 0 Å². The van der Waals surface area contributed by atoms with Gasteiger partial charge in [-0.3, -0.25) is 0 Å². The number of carboxylic acids is 1. The number of aliphatic carboxylic acids is 1. The van der Waals surface area contributed by atoms with Gasteiger partial charge >= 0.3 is 5.97 Å². The Morgan fingerprint density at radius 1 is 1.47 bits per heavy atom. The lowest BCUT2D eigenvalue weighted by Gasteiger charge is -2.19. The Morgan fingerprint density at radius 2 is 2.21 bits per heavy atom. The molecule has 0 aliphatic heterocycles. The molecule has 2 atom stereocenters. The van der Waals surface area contributed by atoms with Gasteiger partial charge in [0.1, 0.15) is 0 Å². The van der Waals surface area contributed by atoms with E-state index in [0.717, 1.165) is 10.1 Å². The molecule has 5 nitrogen and oxygen atoms in total. The molecule has 0 amide bonds. The third-order valence-electron chi connectivity index (χ3n) is 2.78. The van der Waals surface area contributed by atoms with Crippen LogP contribution in [0.5, 0.6) is 0 Å². The molecule has 0 bridgehead atoms. The summed E-state index contributed by atoms with van der Waals surface area (Å²) in [6.45, 7) is 8.51. The fraction of sp³-hybridized carbons (Fsp3) is 0.231. The Balaban J connectivity index is 2.44. The Morgan fingerprint density at radius 3 is 2.79 bits per heavy atom. The highest BCUT2D eigenvalue weighted by Crippen LogP contribution is 2.36. The van der Waals surface area contributed by atoms with Crippen molar-refractivity contribution in [3.8, 4) is 0 Å². The Bertz CT molecular complexity index is 657. The van der Waals surface area contributed by atoms with E-state index in [2.05, 4.69) is 10.2 Å². The minimum absolute atomic E-state index is 0.541. The minimum atomic E-state index is -1.12. The van der Waals surface area contributed by atoms with Crippen LogP contribution in [0.2, 0.25) is 0 Å². The van der Waals surface area contributed by atoms with Crippen molar-refractivity contribution in [3.63, 3.8) is 0 Å². The van der Waals surface area contributed by atoms with Crippen LogP contribution < -0.4 is 5.32 Å². The monoisotopic (exact) mass is 276 g/mol. The minimum Gasteiger partial charge on any atom is -0.480 e. The van der Waals surface area contributed by atoms with Gasteiger partial charge in [0.25, 0.3) is 0 Å². The Hall–Kier alpha value is -2.10. The first-order chi connectivity index (χ1) is 9.04. The van der Waals surface area contributed by atoms with Crippen molar-refractivity contribution < 1.29 is 15.0 Å². The summed E-state index contributed by atoms with van der Waals surface area (Å²) in [5.41, 5.74) is 1.15. The molecule has 0 radical (unpaired) electrons. The first-order valence-electron chi connectivity index (χ1n) is 5.59. The lowest BCUT2D eigenvalue weighted by molar-refractivity contribution is -0.140. The molecule has 0 fully saturated rings. The molecule has 0 saturated heterocycles. The second-order valence-corrected chi connectivity index (χ2v) is 5.02. The van der Waals surface area contributed by atoms with E-state index in [4.69, 9.17) is 11.7 Å². The van der Waals surface area contributed by atoms with E-state index in [1.54, 1.807) is 12.1 Å². The maximum Gasteiger partial charge on any atom is 0.328 e. The summed E-state index contributed by atoms with van der Waals surface area (Å²) >= 11 is 1.43. The average molecular weight is 276 g/mol. The fourth-order valence-electron chi connectivity index (χ4n) is 1.82. The molecule has 98 valence electrons. The van der Waals surface area contributed by atoms with Crippen LogP contribution in [-0.2, 0) is 4.79 Å². The number of nitrogens with zero attached hydrogens (tertiary/aromatic N) is 1. The highest BCUT2D eigenvalue weighted by Gasteiger charge is 2.23. The van der Waals surface area contributed by atoms with Crippen molar-refractivity contribution in [2.75, 3.05) is 5.32 Å². The van der Waals surface area contributed by atoms with Crippen LogP contribution >= 0.6 is 11.3 Å². The third kappa shape index (κ3) is 2.52. The summed E-state index contributed by atoms with van der Waals surface area (Å²) in [6, 6.07) is 4.07. The SMILES string of the molecule is [C-]#[N+]c1ccc(NC(C(=O)O)[C@@H](C)O)c2ccsc12. The molecule has 19 heavy (non-hydrogen) atoms. The normalized spacial score (nSPS) is 13.7. The standard InChI is InChI=1S/C13H12N2O3S/c1-7(16)11(13(17)18)15-9-3-4-10(14-2)12-8(9)5-6-19-12/h3-7,11,15-16H,1H3,(H,17,18)/t7-,11?/m1/s1. The van der Waals surface area contributed by atoms with Crippen LogP contribution in [0.1, 0.15) is 6.92 Å². The summed E-state index contributed by atoms with van der Waals surface area (Å²) in [4.78, 5) is 14.5. The van der Waals surface area contributed by atoms with E-state index >= 15 is 0 Å². The molecule has 6 heteroatoms. The highest BCUT2D eigenvalue weighted by molar-refractivity contribution is 7.18. The highest BCUT2D eigenvalue weighted by atomic mass is 32.1. The van der Waals surface area contributed by atoms with E-state index < -0.39 is 18.1 Å². The molecule has 1 unspecified atom stereocenters. The molecule has 0 saturated carbocycles. The van der Waals surface area contributed by atoms with Gasteiger partial charge < -0.3 is 15.5 Å². The lowest BCUT2D eigenvalue weighted by atomic mass is 10.1. The molecule has 1 aromatic carbocycles. The molecule has 2 rings (SSSR count). The molecule has 0 spiro atoms. The van der Waals surface area contributed by atoms with Crippen molar-refractivity contribution in [1.29, 1.82) is 0 Å². The number of hydrogen-bond acceptors (Lipinski definition) is 4. The molecular weight excluding hydrogens is 264 g/mol. The number of nitrogens with one attached hydrogen (secondary N) is 1. The molecule has 2 aromatic rings. The fourth-order valence-corrected chi connectivity index (χ4v) is 2.70. The zero-order valence-corrected chi connectivity index (χ0v) is 10.9. The van der Waals surface area contributed by atoms with Crippen molar-refractivity contribution in [1.82, 2.24) is 0 Å². The quantitative estimate of drug-likeness (QED) is 0.751. The lowest BCUT2D eigenvalue weighted by Crippen LogP contribution is -2.38. The second-order valence-electron chi connectivity index (χ2n) is 4.11. The average Bonchev–Trinajstić information content (AvgIpc) is 2.84. The number of carbonyl (C=O) groups is 1. The number of carboxylic acid groups (broad SMARTS) is 1. The number of fused-ring (bicyclic) bond motifs is 1. The smallest absolute Gasteiger partial charge is 0.328 e. The number of hydrogen-bond donors (Lipinski definition) is 3. The van der Waals surface area contributed by atoms with Gasteiger partial charge in [0.2, 0.25) is 5.69 Å². The molecule has 0 aliphatic carbocycles. The maximum absolute atomic E-state index is 11.1. The summed E-state index contributed by atoms with van der Waals surface area (Å²) in [5, 5.41) is 24.0. The van der Waals surface area contributed by atoms with Gasteiger partial charge in [-0.15, -0.1) is 0 Å². The summed E-state index contributed by atoms with van der Waals surface area (Å²) in [6.07, 6.45) is -1.02. The number of anilines is 1. The van der Waals surface area contributed by atoms with Crippen LogP contribution in [0.25, 0.3) is 14.9 Å². The van der Waals surface area contributed by atoms with Gasteiger partial charge in [0.05, 0.1) is 12.7 Å². The largest absolute Gasteiger partial charge is 0.480 e. The van der Waals surface area contributed by atoms with E-state index in [1.165, 1.54) is 18.3 Å². The maximum atomic E-state index is 11.1. The number of rotatable bonds is 4. The van der Waals surface area contributed by atoms with Gasteiger partial charge in [-0.05, 0) is 24.4 Å². The molecule has 3 N–H and O–H groups in total. The van der Waals surface area contributed by atoms with E-state index in [-0.39, 0.29) is 0 Å². The van der Waals surface area contributed by atoms with Gasteiger partial charge in [0, 0.05) is 15.8 Å². The zero-order valence-electron chi connectivity index (χ0n) is 10.1. The first-order valence-corrected chi connectivity index (χ1v) is 6.47. The predicted molar refractivity (Wildman–Crippen MR) is 74.8 cm³/mol. The third-order valence-corrected chi connectivity index (χ3v) is 3.71. The molecule has 1 aromatic heterocycles. The molecular formula is C13H12N2O3S. The van der Waals surface area contributed by atoms with E-state index in [0.29, 0.717) is 11.4 Å². The zero-order chi connectivity index (χ0) is 14.0. The first kappa shape index (κ1) is 13.3. The number of aliphatic hydroxyl groups excluding tert-OH is 1. The summed E-state index contributed by atoms with van der Waals surface area (Å²) in [7, 11) is 0. The van der Waals surface area contributed by atoms with Gasteiger partial charge in [-0.25, -0.2) is 9.64 Å². The molecule has 0 aliphatic rings. The second kappa shape index (κ2) is 5.26. The van der Waals surface area contributed by atoms with Crippen LogP contribution in [-0.4, -0.2) is 28.3 Å². The number of benzene rings is 1. The van der Waals surface area contributed by atoms with Crippen LogP contribution in [0.3, 0.4) is 0 Å². The van der Waals surface area contributed by atoms with Crippen LogP contribution in [0.15, 0.2) is 23.6 Å². The number of aliphatic hydroxyl groups is 1. The van der Waals surface area contributed by atoms with Crippen molar-refractivity contribution in [2.45, 2.75) is 19.1 Å². The topological polar surface area (TPSA) is 73.9 Å². The number of thiophene rings is 1. The predicted octanol–water partition coefficient (Wildman–Crippen LogP) is 2.70. The van der Waals surface area contributed by atoms with Crippen LogP contribution in [0.4, 0.5) is 11.4 Å². The van der Waals surface area contributed by atoms with Crippen LogP contribution in [0, 0.1) is 6.57 Å². The van der Waals surface area contributed by atoms with E-state index in [9.17, 15) is 9.90 Å². The van der Waals surface area contributed by atoms with Gasteiger partial charge in [0.15, 0.2) is 6.04 Å². The van der Waals surface area contributed by atoms with Crippen molar-refractivity contribution in [3.05, 3.63) is 35.0 Å². The summed E-state index contributed by atoms with van der Waals surface area (Å²) in [5.74, 6) is -1.12. The summed E-state index contributed by atoms with van der Waals surface area (Å²) < 4.78 is 0.815. The van der Waals surface area contributed by atoms with Gasteiger partial charge in [-0.2, -0.15) is 11.3 Å². The van der Waals surface area contributed by atoms with Gasteiger partial charge in [-0.1, -0.05) is 6.07 Å². The van der Waals surface area contributed by atoms with E-state index in [1.807, 2.05) is 11.4 Å². The van der Waals surface area contributed by atoms with Crippen molar-refractivity contribution >= 4 is 38.8 Å². The Labute approximate surface area is 113 Å². The Kier molecular flexibility index (Phi) is 3.69. The molecule has 1 heterocycles.